The molecule has 2 heterocycles. The van der Waals surface area contributed by atoms with Crippen molar-refractivity contribution in [1.82, 2.24) is 15.1 Å². The van der Waals surface area contributed by atoms with Crippen molar-refractivity contribution in [2.75, 3.05) is 18.4 Å². The number of nitrogens with one attached hydrogen (secondary N) is 2. The second-order valence-electron chi connectivity index (χ2n) is 4.00. The Balaban J connectivity index is 1.82. The number of hydrogen-bond acceptors (Lipinski definition) is 3. The minimum Gasteiger partial charge on any atom is -0.380 e. The topological polar surface area (TPSA) is 41.9 Å². The third-order valence-electron chi connectivity index (χ3n) is 2.77. The molecule has 4 heteroatoms. The Kier molecular flexibility index (Phi) is 2.34. The fourth-order valence-corrected chi connectivity index (χ4v) is 1.79. The van der Waals surface area contributed by atoms with Crippen LogP contribution in [-0.4, -0.2) is 28.9 Å². The van der Waals surface area contributed by atoms with Gasteiger partial charge in [-0.2, -0.15) is 5.10 Å². The molecule has 3 rings (SSSR count). The average molecular weight is 214 g/mol. The molecule has 0 aliphatic carbocycles. The smallest absolute Gasteiger partial charge is 0.0666 e. The van der Waals surface area contributed by atoms with Crippen LogP contribution in [0.25, 0.3) is 5.69 Å². The van der Waals surface area contributed by atoms with Crippen LogP contribution >= 0.6 is 0 Å². The summed E-state index contributed by atoms with van der Waals surface area (Å²) in [5.41, 5.74) is 2.24. The first kappa shape index (κ1) is 9.42. The van der Waals surface area contributed by atoms with Gasteiger partial charge in [0.05, 0.1) is 11.7 Å². The monoisotopic (exact) mass is 214 g/mol. The summed E-state index contributed by atoms with van der Waals surface area (Å²) in [6.45, 7) is 2.10. The highest BCUT2D eigenvalue weighted by Crippen LogP contribution is 2.15. The van der Waals surface area contributed by atoms with E-state index in [1.54, 1.807) is 6.20 Å². The summed E-state index contributed by atoms with van der Waals surface area (Å²) < 4.78 is 1.87. The van der Waals surface area contributed by atoms with Gasteiger partial charge in [-0.25, -0.2) is 4.68 Å². The maximum Gasteiger partial charge on any atom is 0.0666 e. The zero-order valence-corrected chi connectivity index (χ0v) is 8.93. The highest BCUT2D eigenvalue weighted by atomic mass is 15.3. The Hall–Kier alpha value is -1.81. The van der Waals surface area contributed by atoms with E-state index in [4.69, 9.17) is 0 Å². The summed E-state index contributed by atoms with van der Waals surface area (Å²) in [5.74, 6) is 0. The van der Waals surface area contributed by atoms with Gasteiger partial charge >= 0.3 is 0 Å². The largest absolute Gasteiger partial charge is 0.380 e. The molecule has 1 saturated heterocycles. The second kappa shape index (κ2) is 3.98. The average Bonchev–Trinajstić information content (AvgIpc) is 2.77. The number of benzene rings is 1. The zero-order chi connectivity index (χ0) is 10.8. The van der Waals surface area contributed by atoms with Crippen molar-refractivity contribution in [3.05, 3.63) is 42.7 Å². The van der Waals surface area contributed by atoms with Crippen LogP contribution in [0.15, 0.2) is 42.7 Å². The summed E-state index contributed by atoms with van der Waals surface area (Å²) in [4.78, 5) is 0. The molecular formula is C12H14N4. The van der Waals surface area contributed by atoms with E-state index in [2.05, 4.69) is 33.9 Å². The maximum atomic E-state index is 4.22. The molecule has 4 nitrogen and oxygen atoms in total. The molecule has 0 saturated carbocycles. The molecule has 1 aromatic carbocycles. The van der Waals surface area contributed by atoms with Gasteiger partial charge in [0, 0.05) is 31.2 Å². The van der Waals surface area contributed by atoms with E-state index in [9.17, 15) is 0 Å². The third kappa shape index (κ3) is 1.79. The van der Waals surface area contributed by atoms with Gasteiger partial charge in [0.15, 0.2) is 0 Å². The molecule has 1 aliphatic rings. The van der Waals surface area contributed by atoms with E-state index in [-0.39, 0.29) is 0 Å². The van der Waals surface area contributed by atoms with Crippen molar-refractivity contribution in [2.45, 2.75) is 6.04 Å². The van der Waals surface area contributed by atoms with Crippen LogP contribution in [0, 0.1) is 0 Å². The third-order valence-corrected chi connectivity index (χ3v) is 2.77. The summed E-state index contributed by atoms with van der Waals surface area (Å²) in [6.07, 6.45) is 3.74. The number of aromatic nitrogens is 2. The van der Waals surface area contributed by atoms with Gasteiger partial charge in [-0.1, -0.05) is 6.07 Å². The number of hydrogen-bond donors (Lipinski definition) is 2. The van der Waals surface area contributed by atoms with Gasteiger partial charge in [0.2, 0.25) is 0 Å². The van der Waals surface area contributed by atoms with Crippen molar-refractivity contribution in [3.8, 4) is 5.69 Å². The molecular weight excluding hydrogens is 200 g/mol. The summed E-state index contributed by atoms with van der Waals surface area (Å²) in [7, 11) is 0. The highest BCUT2D eigenvalue weighted by Gasteiger charge is 2.15. The first-order valence-electron chi connectivity index (χ1n) is 5.49. The Morgan fingerprint density at radius 1 is 1.31 bits per heavy atom. The first-order valence-corrected chi connectivity index (χ1v) is 5.49. The minimum absolute atomic E-state index is 0.563. The number of rotatable bonds is 3. The van der Waals surface area contributed by atoms with Crippen molar-refractivity contribution in [3.63, 3.8) is 0 Å². The molecule has 0 radical (unpaired) electrons. The molecule has 1 aliphatic heterocycles. The molecule has 0 atom stereocenters. The van der Waals surface area contributed by atoms with Crippen LogP contribution in [0.3, 0.4) is 0 Å². The molecule has 1 aromatic heterocycles. The predicted molar refractivity (Wildman–Crippen MR) is 63.8 cm³/mol. The lowest BCUT2D eigenvalue weighted by molar-refractivity contribution is 0.472. The lowest BCUT2D eigenvalue weighted by Crippen LogP contribution is -2.51. The Morgan fingerprint density at radius 2 is 2.25 bits per heavy atom. The highest BCUT2D eigenvalue weighted by molar-refractivity contribution is 5.51. The zero-order valence-electron chi connectivity index (χ0n) is 8.93. The van der Waals surface area contributed by atoms with Gasteiger partial charge in [-0.05, 0) is 24.3 Å². The molecule has 82 valence electrons. The summed E-state index contributed by atoms with van der Waals surface area (Å²) >= 11 is 0. The quantitative estimate of drug-likeness (QED) is 0.808. The van der Waals surface area contributed by atoms with Crippen molar-refractivity contribution in [2.24, 2.45) is 0 Å². The van der Waals surface area contributed by atoms with Crippen LogP contribution in [0.5, 0.6) is 0 Å². The normalized spacial score (nSPS) is 15.8. The molecule has 0 bridgehead atoms. The van der Waals surface area contributed by atoms with Gasteiger partial charge in [0.1, 0.15) is 0 Å². The van der Waals surface area contributed by atoms with E-state index < -0.39 is 0 Å². The van der Waals surface area contributed by atoms with Gasteiger partial charge in [-0.15, -0.1) is 0 Å². The molecule has 16 heavy (non-hydrogen) atoms. The van der Waals surface area contributed by atoms with Gasteiger partial charge in [0.25, 0.3) is 0 Å². The lowest BCUT2D eigenvalue weighted by atomic mass is 10.1. The van der Waals surface area contributed by atoms with E-state index in [0.717, 1.165) is 24.5 Å². The van der Waals surface area contributed by atoms with E-state index in [1.165, 1.54) is 0 Å². The predicted octanol–water partition coefficient (Wildman–Crippen LogP) is 1.26. The first-order chi connectivity index (χ1) is 7.92. The van der Waals surface area contributed by atoms with Crippen LogP contribution in [0.2, 0.25) is 0 Å². The molecule has 1 fully saturated rings. The molecule has 0 spiro atoms. The van der Waals surface area contributed by atoms with Crippen LogP contribution in [0.4, 0.5) is 5.69 Å². The lowest BCUT2D eigenvalue weighted by Gasteiger charge is -2.29. The number of nitrogens with zero attached hydrogens (tertiary/aromatic N) is 2. The Bertz CT molecular complexity index is 460. The minimum atomic E-state index is 0.563. The maximum absolute atomic E-state index is 4.22. The van der Waals surface area contributed by atoms with Gasteiger partial charge in [-0.3, -0.25) is 0 Å². The van der Waals surface area contributed by atoms with E-state index >= 15 is 0 Å². The summed E-state index contributed by atoms with van der Waals surface area (Å²) in [6, 6.07) is 10.8. The van der Waals surface area contributed by atoms with Crippen molar-refractivity contribution in [1.29, 1.82) is 0 Å². The van der Waals surface area contributed by atoms with Crippen molar-refractivity contribution < 1.29 is 0 Å². The van der Waals surface area contributed by atoms with E-state index in [0.29, 0.717) is 6.04 Å². The SMILES string of the molecule is c1cc(NC2CNC2)cc(-n2cccn2)c1. The molecule has 2 N–H and O–H groups in total. The van der Waals surface area contributed by atoms with E-state index in [1.807, 2.05) is 23.0 Å². The van der Waals surface area contributed by atoms with Gasteiger partial charge < -0.3 is 10.6 Å². The van der Waals surface area contributed by atoms with Crippen LogP contribution in [0.1, 0.15) is 0 Å². The molecule has 2 aromatic rings. The molecule has 0 unspecified atom stereocenters. The summed E-state index contributed by atoms with van der Waals surface area (Å²) in [5, 5.41) is 10.9. The second-order valence-corrected chi connectivity index (χ2v) is 4.00. The fraction of sp³-hybridized carbons (Fsp3) is 0.250. The van der Waals surface area contributed by atoms with Crippen LogP contribution in [-0.2, 0) is 0 Å². The van der Waals surface area contributed by atoms with Crippen LogP contribution < -0.4 is 10.6 Å². The molecule has 0 amide bonds. The Morgan fingerprint density at radius 3 is 2.94 bits per heavy atom. The van der Waals surface area contributed by atoms with Crippen molar-refractivity contribution >= 4 is 5.69 Å². The standard InChI is InChI=1S/C12H14N4/c1-3-10(15-11-8-13-9-11)7-12(4-1)16-6-2-5-14-16/h1-7,11,13,15H,8-9H2. The Labute approximate surface area is 94.3 Å². The fourth-order valence-electron chi connectivity index (χ4n) is 1.79. The number of anilines is 1.